The molecule has 4 rings (SSSR count). The highest BCUT2D eigenvalue weighted by Crippen LogP contribution is 2.27. The van der Waals surface area contributed by atoms with Crippen molar-refractivity contribution in [3.63, 3.8) is 0 Å². The highest BCUT2D eigenvalue weighted by molar-refractivity contribution is 5.96. The highest BCUT2D eigenvalue weighted by Gasteiger charge is 2.28. The van der Waals surface area contributed by atoms with Gasteiger partial charge in [0.05, 0.1) is 6.54 Å². The molecule has 2 aromatic carbocycles. The number of rotatable bonds is 6. The van der Waals surface area contributed by atoms with Crippen LogP contribution in [-0.2, 0) is 20.8 Å². The van der Waals surface area contributed by atoms with Gasteiger partial charge in [-0.15, -0.1) is 0 Å². The predicted molar refractivity (Wildman–Crippen MR) is 120 cm³/mol. The Balaban J connectivity index is 1.19. The minimum atomic E-state index is -0.165. The van der Waals surface area contributed by atoms with E-state index in [4.69, 9.17) is 0 Å². The van der Waals surface area contributed by atoms with Crippen molar-refractivity contribution in [3.8, 4) is 0 Å². The topological polar surface area (TPSA) is 81.8 Å². The first-order valence-corrected chi connectivity index (χ1v) is 10.8. The van der Waals surface area contributed by atoms with E-state index in [0.29, 0.717) is 52.0 Å². The summed E-state index contributed by atoms with van der Waals surface area (Å²) in [5.74, 6) is -0.128. The van der Waals surface area contributed by atoms with Gasteiger partial charge in [-0.1, -0.05) is 36.4 Å². The summed E-state index contributed by atoms with van der Waals surface area (Å²) >= 11 is 0. The van der Waals surface area contributed by atoms with Gasteiger partial charge in [0.15, 0.2) is 0 Å². The average Bonchev–Trinajstić information content (AvgIpc) is 2.78. The number of amides is 3. The minimum Gasteiger partial charge on any atom is -0.340 e. The van der Waals surface area contributed by atoms with Gasteiger partial charge in [-0.3, -0.25) is 19.3 Å². The van der Waals surface area contributed by atoms with E-state index in [9.17, 15) is 14.4 Å². The zero-order valence-electron chi connectivity index (χ0n) is 17.5. The van der Waals surface area contributed by atoms with Crippen LogP contribution in [0.15, 0.2) is 54.6 Å². The summed E-state index contributed by atoms with van der Waals surface area (Å²) in [5, 5.41) is 5.84. The van der Waals surface area contributed by atoms with Crippen LogP contribution >= 0.6 is 0 Å². The number of hydrogen-bond donors (Lipinski definition) is 2. The SMILES string of the molecule is O=C(CN1CCN(C(=O)CCC2Cc3ccccc3NC2=O)CC1)Nc1ccccc1. The second kappa shape index (κ2) is 9.75. The van der Waals surface area contributed by atoms with Crippen LogP contribution in [0, 0.1) is 5.92 Å². The maximum absolute atomic E-state index is 12.7. The molecule has 1 atom stereocenters. The average molecular weight is 421 g/mol. The fourth-order valence-electron chi connectivity index (χ4n) is 4.18. The van der Waals surface area contributed by atoms with E-state index in [-0.39, 0.29) is 23.6 Å². The first kappa shape index (κ1) is 21.1. The zero-order valence-corrected chi connectivity index (χ0v) is 17.5. The third-order valence-electron chi connectivity index (χ3n) is 5.97. The van der Waals surface area contributed by atoms with Gasteiger partial charge in [0.25, 0.3) is 0 Å². The first-order chi connectivity index (χ1) is 15.1. The molecule has 1 saturated heterocycles. The Labute approximate surface area is 182 Å². The molecule has 7 nitrogen and oxygen atoms in total. The Morgan fingerprint density at radius 1 is 0.968 bits per heavy atom. The molecule has 2 heterocycles. The van der Waals surface area contributed by atoms with Crippen LogP contribution in [0.3, 0.4) is 0 Å². The molecule has 162 valence electrons. The third kappa shape index (κ3) is 5.49. The standard InChI is InChI=1S/C24H28N4O3/c29-22(25-20-7-2-1-3-8-20)17-27-12-14-28(15-13-27)23(30)11-10-19-16-18-6-4-5-9-21(18)26-24(19)31/h1-9,19H,10-17H2,(H,25,29)(H,26,31). The number of carbonyl (C=O) groups excluding carboxylic acids is 3. The lowest BCUT2D eigenvalue weighted by atomic mass is 9.89. The zero-order chi connectivity index (χ0) is 21.6. The number of hydrogen-bond acceptors (Lipinski definition) is 4. The van der Waals surface area contributed by atoms with Crippen molar-refractivity contribution in [2.45, 2.75) is 19.3 Å². The van der Waals surface area contributed by atoms with Crippen LogP contribution < -0.4 is 10.6 Å². The molecule has 2 aliphatic rings. The summed E-state index contributed by atoms with van der Waals surface area (Å²) in [4.78, 5) is 41.1. The molecule has 31 heavy (non-hydrogen) atoms. The van der Waals surface area contributed by atoms with E-state index in [0.717, 1.165) is 16.9 Å². The van der Waals surface area contributed by atoms with Gasteiger partial charge in [0.1, 0.15) is 0 Å². The largest absolute Gasteiger partial charge is 0.340 e. The number of piperazine rings is 1. The van der Waals surface area contributed by atoms with Gasteiger partial charge < -0.3 is 15.5 Å². The Hall–Kier alpha value is -3.19. The second-order valence-electron chi connectivity index (χ2n) is 8.16. The fraction of sp³-hybridized carbons (Fsp3) is 0.375. The normalized spacial score (nSPS) is 18.8. The molecular weight excluding hydrogens is 392 g/mol. The molecular formula is C24H28N4O3. The predicted octanol–water partition coefficient (Wildman–Crippen LogP) is 2.36. The van der Waals surface area contributed by atoms with E-state index in [1.165, 1.54) is 0 Å². The lowest BCUT2D eigenvalue weighted by Gasteiger charge is -2.34. The number of nitrogens with zero attached hydrogens (tertiary/aromatic N) is 2. The Kier molecular flexibility index (Phi) is 6.62. The van der Waals surface area contributed by atoms with Crippen LogP contribution in [0.1, 0.15) is 18.4 Å². The molecule has 0 bridgehead atoms. The van der Waals surface area contributed by atoms with E-state index >= 15 is 0 Å². The lowest BCUT2D eigenvalue weighted by Crippen LogP contribution is -2.50. The summed E-state index contributed by atoms with van der Waals surface area (Å²) in [7, 11) is 0. The Morgan fingerprint density at radius 3 is 2.45 bits per heavy atom. The molecule has 0 aliphatic carbocycles. The van der Waals surface area contributed by atoms with Crippen LogP contribution in [0.5, 0.6) is 0 Å². The van der Waals surface area contributed by atoms with Gasteiger partial charge in [-0.05, 0) is 36.6 Å². The van der Waals surface area contributed by atoms with Crippen molar-refractivity contribution in [2.24, 2.45) is 5.92 Å². The van der Waals surface area contributed by atoms with Crippen molar-refractivity contribution in [3.05, 3.63) is 60.2 Å². The van der Waals surface area contributed by atoms with Crippen molar-refractivity contribution < 1.29 is 14.4 Å². The van der Waals surface area contributed by atoms with Crippen molar-refractivity contribution >= 4 is 29.1 Å². The summed E-state index contributed by atoms with van der Waals surface area (Å²) in [6, 6.07) is 17.2. The number of anilines is 2. The summed E-state index contributed by atoms with van der Waals surface area (Å²) in [6.45, 7) is 2.88. The van der Waals surface area contributed by atoms with Gasteiger partial charge in [-0.2, -0.15) is 0 Å². The van der Waals surface area contributed by atoms with Crippen molar-refractivity contribution in [1.82, 2.24) is 9.80 Å². The molecule has 0 radical (unpaired) electrons. The monoisotopic (exact) mass is 420 g/mol. The molecule has 2 aliphatic heterocycles. The Morgan fingerprint density at radius 2 is 1.68 bits per heavy atom. The molecule has 2 aromatic rings. The molecule has 0 saturated carbocycles. The molecule has 7 heteroatoms. The van der Waals surface area contributed by atoms with E-state index in [1.54, 1.807) is 0 Å². The van der Waals surface area contributed by atoms with Gasteiger partial charge in [0, 0.05) is 49.9 Å². The van der Waals surface area contributed by atoms with Crippen LogP contribution in [0.4, 0.5) is 11.4 Å². The number of fused-ring (bicyclic) bond motifs is 1. The lowest BCUT2D eigenvalue weighted by molar-refractivity contribution is -0.133. The van der Waals surface area contributed by atoms with E-state index in [2.05, 4.69) is 15.5 Å². The number of nitrogens with one attached hydrogen (secondary N) is 2. The van der Waals surface area contributed by atoms with Crippen molar-refractivity contribution in [2.75, 3.05) is 43.4 Å². The fourth-order valence-corrected chi connectivity index (χ4v) is 4.18. The smallest absolute Gasteiger partial charge is 0.238 e. The van der Waals surface area contributed by atoms with E-state index in [1.807, 2.05) is 59.5 Å². The van der Waals surface area contributed by atoms with Gasteiger partial charge in [0.2, 0.25) is 17.7 Å². The highest BCUT2D eigenvalue weighted by atomic mass is 16.2. The van der Waals surface area contributed by atoms with E-state index < -0.39 is 0 Å². The number of benzene rings is 2. The second-order valence-corrected chi connectivity index (χ2v) is 8.16. The maximum atomic E-state index is 12.7. The Bertz CT molecular complexity index is 939. The van der Waals surface area contributed by atoms with Crippen LogP contribution in [0.25, 0.3) is 0 Å². The molecule has 3 amide bonds. The number of carbonyl (C=O) groups is 3. The molecule has 1 fully saturated rings. The van der Waals surface area contributed by atoms with Crippen molar-refractivity contribution in [1.29, 1.82) is 0 Å². The molecule has 0 spiro atoms. The summed E-state index contributed by atoms with van der Waals surface area (Å²) in [6.07, 6.45) is 1.60. The van der Waals surface area contributed by atoms with Gasteiger partial charge in [-0.25, -0.2) is 0 Å². The molecule has 1 unspecified atom stereocenters. The maximum Gasteiger partial charge on any atom is 0.238 e. The van der Waals surface area contributed by atoms with Crippen LogP contribution in [0.2, 0.25) is 0 Å². The number of para-hydroxylation sites is 2. The summed E-state index contributed by atoms with van der Waals surface area (Å²) < 4.78 is 0. The first-order valence-electron chi connectivity index (χ1n) is 10.8. The molecule has 2 N–H and O–H groups in total. The summed E-state index contributed by atoms with van der Waals surface area (Å²) in [5.41, 5.74) is 2.79. The quantitative estimate of drug-likeness (QED) is 0.752. The third-order valence-corrected chi connectivity index (χ3v) is 5.97. The minimum absolute atomic E-state index is 0.000692. The van der Waals surface area contributed by atoms with Crippen LogP contribution in [-0.4, -0.2) is 60.2 Å². The molecule has 0 aromatic heterocycles. The van der Waals surface area contributed by atoms with Gasteiger partial charge >= 0.3 is 0 Å².